The summed E-state index contributed by atoms with van der Waals surface area (Å²) in [5.41, 5.74) is -1.11. The fourth-order valence-electron chi connectivity index (χ4n) is 2.65. The SMILES string of the molecule is O=C(CN(Cc1ccco1)Cc1cccs1)Nc1ccccc1C(F)(F)F. The first kappa shape index (κ1) is 19.2. The first-order chi connectivity index (χ1) is 12.9. The van der Waals surface area contributed by atoms with E-state index in [2.05, 4.69) is 5.32 Å². The predicted octanol–water partition coefficient (Wildman–Crippen LogP) is 5.00. The summed E-state index contributed by atoms with van der Waals surface area (Å²) in [7, 11) is 0. The van der Waals surface area contributed by atoms with Gasteiger partial charge in [-0.15, -0.1) is 11.3 Å². The van der Waals surface area contributed by atoms with Gasteiger partial charge in [0.15, 0.2) is 0 Å². The Kier molecular flexibility index (Phi) is 5.98. The number of thiophene rings is 1. The molecule has 2 aromatic heterocycles. The summed E-state index contributed by atoms with van der Waals surface area (Å²) in [6.45, 7) is 0.802. The average Bonchev–Trinajstić information content (AvgIpc) is 3.28. The molecule has 0 radical (unpaired) electrons. The summed E-state index contributed by atoms with van der Waals surface area (Å²) < 4.78 is 44.6. The van der Waals surface area contributed by atoms with Crippen LogP contribution in [-0.2, 0) is 24.1 Å². The van der Waals surface area contributed by atoms with Gasteiger partial charge < -0.3 is 9.73 Å². The topological polar surface area (TPSA) is 45.5 Å². The van der Waals surface area contributed by atoms with Gasteiger partial charge in [-0.1, -0.05) is 18.2 Å². The van der Waals surface area contributed by atoms with Gasteiger partial charge in [0.25, 0.3) is 0 Å². The first-order valence-corrected chi connectivity index (χ1v) is 9.03. The Bertz CT molecular complexity index is 825. The number of hydrogen-bond donors (Lipinski definition) is 1. The third-order valence-corrected chi connectivity index (χ3v) is 4.65. The Hall–Kier alpha value is -2.58. The smallest absolute Gasteiger partial charge is 0.418 e. The van der Waals surface area contributed by atoms with E-state index in [-0.39, 0.29) is 12.2 Å². The molecule has 0 fully saturated rings. The Morgan fingerprint density at radius 1 is 1.07 bits per heavy atom. The summed E-state index contributed by atoms with van der Waals surface area (Å²) >= 11 is 1.55. The van der Waals surface area contributed by atoms with E-state index < -0.39 is 17.6 Å². The van der Waals surface area contributed by atoms with Crippen LogP contribution < -0.4 is 5.32 Å². The number of para-hydroxylation sites is 1. The van der Waals surface area contributed by atoms with Crippen molar-refractivity contribution in [3.63, 3.8) is 0 Å². The summed E-state index contributed by atoms with van der Waals surface area (Å²) in [6.07, 6.45) is -2.99. The van der Waals surface area contributed by atoms with E-state index in [9.17, 15) is 18.0 Å². The summed E-state index contributed by atoms with van der Waals surface area (Å²) in [5, 5.41) is 4.31. The van der Waals surface area contributed by atoms with Crippen LogP contribution in [0.2, 0.25) is 0 Å². The van der Waals surface area contributed by atoms with Crippen molar-refractivity contribution in [2.24, 2.45) is 0 Å². The highest BCUT2D eigenvalue weighted by Gasteiger charge is 2.33. The number of benzene rings is 1. The minimum absolute atomic E-state index is 0.0647. The number of alkyl halides is 3. The maximum Gasteiger partial charge on any atom is 0.418 e. The second kappa shape index (κ2) is 8.41. The molecule has 4 nitrogen and oxygen atoms in total. The molecule has 0 spiro atoms. The van der Waals surface area contributed by atoms with E-state index >= 15 is 0 Å². The summed E-state index contributed by atoms with van der Waals surface area (Å²) in [5.74, 6) is 0.157. The van der Waals surface area contributed by atoms with Crippen LogP contribution in [-0.4, -0.2) is 17.4 Å². The molecule has 0 aliphatic heterocycles. The Morgan fingerprint density at radius 2 is 1.89 bits per heavy atom. The Balaban J connectivity index is 1.71. The zero-order valence-electron chi connectivity index (χ0n) is 14.2. The third-order valence-electron chi connectivity index (χ3n) is 3.79. The number of halogens is 3. The molecule has 0 aliphatic rings. The highest BCUT2D eigenvalue weighted by molar-refractivity contribution is 7.09. The third kappa shape index (κ3) is 5.45. The average molecular weight is 394 g/mol. The van der Waals surface area contributed by atoms with Crippen LogP contribution in [0.5, 0.6) is 0 Å². The summed E-state index contributed by atoms with van der Waals surface area (Å²) in [6, 6.07) is 12.3. The number of amides is 1. The molecule has 27 heavy (non-hydrogen) atoms. The number of carbonyl (C=O) groups excluding carboxylic acids is 1. The van der Waals surface area contributed by atoms with E-state index in [1.807, 2.05) is 22.4 Å². The highest BCUT2D eigenvalue weighted by atomic mass is 32.1. The number of furan rings is 1. The van der Waals surface area contributed by atoms with Crippen LogP contribution in [0.4, 0.5) is 18.9 Å². The fourth-order valence-corrected chi connectivity index (χ4v) is 3.39. The summed E-state index contributed by atoms with van der Waals surface area (Å²) in [4.78, 5) is 15.3. The number of anilines is 1. The lowest BCUT2D eigenvalue weighted by Gasteiger charge is -2.21. The zero-order valence-corrected chi connectivity index (χ0v) is 15.0. The standard InChI is InChI=1S/C19H17F3N2O2S/c20-19(21,22)16-7-1-2-8-17(16)23-18(25)13-24(11-14-5-3-9-26-14)12-15-6-4-10-27-15/h1-10H,11-13H2,(H,23,25). The number of hydrogen-bond acceptors (Lipinski definition) is 4. The molecular formula is C19H17F3N2O2S. The quantitative estimate of drug-likeness (QED) is 0.613. The van der Waals surface area contributed by atoms with Crippen LogP contribution >= 0.6 is 11.3 Å². The number of carbonyl (C=O) groups is 1. The molecule has 142 valence electrons. The van der Waals surface area contributed by atoms with Gasteiger partial charge >= 0.3 is 6.18 Å². The van der Waals surface area contributed by atoms with Gasteiger partial charge in [-0.25, -0.2) is 0 Å². The molecule has 3 rings (SSSR count). The normalized spacial score (nSPS) is 11.7. The van der Waals surface area contributed by atoms with Crippen LogP contribution in [0.15, 0.2) is 64.6 Å². The molecule has 0 bridgehead atoms. The van der Waals surface area contributed by atoms with Crippen molar-refractivity contribution in [1.29, 1.82) is 0 Å². The molecule has 1 aromatic carbocycles. The minimum Gasteiger partial charge on any atom is -0.468 e. The van der Waals surface area contributed by atoms with Gasteiger partial charge in [0.2, 0.25) is 5.91 Å². The molecular weight excluding hydrogens is 377 g/mol. The van der Waals surface area contributed by atoms with Crippen molar-refractivity contribution in [3.05, 3.63) is 76.4 Å². The number of nitrogens with one attached hydrogen (secondary N) is 1. The van der Waals surface area contributed by atoms with Gasteiger partial charge in [0, 0.05) is 11.4 Å². The predicted molar refractivity (Wildman–Crippen MR) is 97.2 cm³/mol. The van der Waals surface area contributed by atoms with Gasteiger partial charge in [-0.2, -0.15) is 13.2 Å². The molecule has 1 N–H and O–H groups in total. The number of nitrogens with zero attached hydrogens (tertiary/aromatic N) is 1. The van der Waals surface area contributed by atoms with Crippen LogP contribution in [0.3, 0.4) is 0 Å². The van der Waals surface area contributed by atoms with Crippen molar-refractivity contribution in [2.45, 2.75) is 19.3 Å². The van der Waals surface area contributed by atoms with Crippen molar-refractivity contribution >= 4 is 22.9 Å². The van der Waals surface area contributed by atoms with Crippen LogP contribution in [0.25, 0.3) is 0 Å². The Morgan fingerprint density at radius 3 is 2.56 bits per heavy atom. The first-order valence-electron chi connectivity index (χ1n) is 8.15. The van der Waals surface area contributed by atoms with Gasteiger partial charge in [-0.05, 0) is 35.7 Å². The molecule has 0 unspecified atom stereocenters. The fraction of sp³-hybridized carbons (Fsp3) is 0.211. The molecule has 3 aromatic rings. The maximum absolute atomic E-state index is 13.1. The highest BCUT2D eigenvalue weighted by Crippen LogP contribution is 2.34. The molecule has 2 heterocycles. The van der Waals surface area contributed by atoms with E-state index in [1.165, 1.54) is 24.5 Å². The van der Waals surface area contributed by atoms with E-state index in [0.29, 0.717) is 18.8 Å². The van der Waals surface area contributed by atoms with Crippen molar-refractivity contribution in [3.8, 4) is 0 Å². The Labute approximate surface area is 158 Å². The lowest BCUT2D eigenvalue weighted by molar-refractivity contribution is -0.137. The zero-order chi connectivity index (χ0) is 19.3. The monoisotopic (exact) mass is 394 g/mol. The minimum atomic E-state index is -4.53. The van der Waals surface area contributed by atoms with Crippen molar-refractivity contribution in [2.75, 3.05) is 11.9 Å². The van der Waals surface area contributed by atoms with Crippen molar-refractivity contribution in [1.82, 2.24) is 4.90 Å². The van der Waals surface area contributed by atoms with E-state index in [4.69, 9.17) is 4.42 Å². The van der Waals surface area contributed by atoms with E-state index in [1.54, 1.807) is 23.5 Å². The van der Waals surface area contributed by atoms with Gasteiger partial charge in [0.1, 0.15) is 5.76 Å². The molecule has 0 atom stereocenters. The molecule has 0 saturated heterocycles. The van der Waals surface area contributed by atoms with Crippen LogP contribution in [0.1, 0.15) is 16.2 Å². The lowest BCUT2D eigenvalue weighted by Crippen LogP contribution is -2.32. The maximum atomic E-state index is 13.1. The molecule has 8 heteroatoms. The largest absolute Gasteiger partial charge is 0.468 e. The van der Waals surface area contributed by atoms with Gasteiger partial charge in [-0.3, -0.25) is 9.69 Å². The second-order valence-corrected chi connectivity index (χ2v) is 6.93. The molecule has 0 saturated carbocycles. The van der Waals surface area contributed by atoms with E-state index in [0.717, 1.165) is 10.9 Å². The van der Waals surface area contributed by atoms with Gasteiger partial charge in [0.05, 0.1) is 30.6 Å². The second-order valence-electron chi connectivity index (χ2n) is 5.90. The number of rotatable bonds is 7. The van der Waals surface area contributed by atoms with Crippen LogP contribution in [0, 0.1) is 0 Å². The lowest BCUT2D eigenvalue weighted by atomic mass is 10.1. The molecule has 1 amide bonds. The molecule has 0 aliphatic carbocycles. The van der Waals surface area contributed by atoms with Crippen molar-refractivity contribution < 1.29 is 22.4 Å².